The Balaban J connectivity index is 1.96. The Morgan fingerprint density at radius 3 is 2.42 bits per heavy atom. The number of nitrogens with zero attached hydrogens (tertiary/aromatic N) is 2. The predicted molar refractivity (Wildman–Crippen MR) is 115 cm³/mol. The number of carbonyl (C=O) groups excluding carboxylic acids is 2. The molecule has 3 rings (SSSR count). The van der Waals surface area contributed by atoms with Gasteiger partial charge in [-0.25, -0.2) is 4.39 Å². The third-order valence-electron chi connectivity index (χ3n) is 5.57. The molecule has 7 nitrogen and oxygen atoms in total. The molecule has 0 spiro atoms. The van der Waals surface area contributed by atoms with E-state index in [1.165, 1.54) is 30.3 Å². The zero-order valence-corrected chi connectivity index (χ0v) is 17.8. The lowest BCUT2D eigenvalue weighted by atomic mass is 9.88. The summed E-state index contributed by atoms with van der Waals surface area (Å²) in [5, 5.41) is 15.8. The fourth-order valence-corrected chi connectivity index (χ4v) is 3.82. The first-order valence-electron chi connectivity index (χ1n) is 9.93. The largest absolute Gasteiger partial charge is 0.502 e. The number of aliphatic hydroxyl groups excluding tert-OH is 1. The third-order valence-corrected chi connectivity index (χ3v) is 5.57. The van der Waals surface area contributed by atoms with E-state index in [1.807, 2.05) is 49.3 Å². The maximum atomic E-state index is 13.6. The molecule has 0 aliphatic carbocycles. The Bertz CT molecular complexity index is 963. The van der Waals surface area contributed by atoms with Crippen molar-refractivity contribution in [2.24, 2.45) is 0 Å². The summed E-state index contributed by atoms with van der Waals surface area (Å²) in [5.41, 5.74) is 0.230. The average molecular weight is 426 g/mol. The van der Waals surface area contributed by atoms with Crippen LogP contribution < -0.4 is 10.6 Å². The first kappa shape index (κ1) is 22.3. The molecule has 1 aliphatic heterocycles. The van der Waals surface area contributed by atoms with Gasteiger partial charge in [-0.1, -0.05) is 42.5 Å². The Morgan fingerprint density at radius 1 is 1.16 bits per heavy atom. The number of benzene rings is 2. The number of likely N-dealkylation sites (N-methyl/N-ethyl adjacent to an activating group) is 2. The molecule has 0 saturated heterocycles. The first-order valence-corrected chi connectivity index (χ1v) is 9.93. The molecule has 1 aliphatic rings. The van der Waals surface area contributed by atoms with Crippen molar-refractivity contribution >= 4 is 11.8 Å². The van der Waals surface area contributed by atoms with Gasteiger partial charge in [0, 0.05) is 19.8 Å². The molecule has 3 N–H and O–H groups in total. The van der Waals surface area contributed by atoms with Gasteiger partial charge in [-0.2, -0.15) is 0 Å². The maximum Gasteiger partial charge on any atom is 0.292 e. The number of amides is 2. The van der Waals surface area contributed by atoms with Crippen LogP contribution in [0.25, 0.3) is 0 Å². The summed E-state index contributed by atoms with van der Waals surface area (Å²) in [4.78, 5) is 29.3. The number of rotatable bonds is 7. The zero-order chi connectivity index (χ0) is 22.6. The second kappa shape index (κ2) is 9.18. The molecule has 0 fully saturated rings. The van der Waals surface area contributed by atoms with Crippen molar-refractivity contribution < 1.29 is 19.1 Å². The molecule has 2 aromatic rings. The minimum Gasteiger partial charge on any atom is -0.502 e. The van der Waals surface area contributed by atoms with Gasteiger partial charge >= 0.3 is 0 Å². The van der Waals surface area contributed by atoms with E-state index in [-0.39, 0.29) is 12.4 Å². The van der Waals surface area contributed by atoms with Crippen molar-refractivity contribution in [1.29, 1.82) is 0 Å². The molecular formula is C23H27FN4O3. The predicted octanol–water partition coefficient (Wildman–Crippen LogP) is 1.77. The molecule has 2 aromatic carbocycles. The summed E-state index contributed by atoms with van der Waals surface area (Å²) < 4.78 is 13.2. The highest BCUT2D eigenvalue weighted by Gasteiger charge is 2.54. The van der Waals surface area contributed by atoms with Crippen LogP contribution in [0.15, 0.2) is 66.6 Å². The Labute approximate surface area is 181 Å². The van der Waals surface area contributed by atoms with Gasteiger partial charge in [-0.15, -0.1) is 0 Å². The van der Waals surface area contributed by atoms with Crippen molar-refractivity contribution in [3.63, 3.8) is 0 Å². The van der Waals surface area contributed by atoms with Crippen LogP contribution in [0, 0.1) is 5.82 Å². The van der Waals surface area contributed by atoms with Crippen LogP contribution in [0.1, 0.15) is 11.1 Å². The molecule has 0 saturated carbocycles. The lowest BCUT2D eigenvalue weighted by Gasteiger charge is -2.49. The summed E-state index contributed by atoms with van der Waals surface area (Å²) in [7, 11) is 5.15. The first-order chi connectivity index (χ1) is 14.8. The Morgan fingerprint density at radius 2 is 1.81 bits per heavy atom. The van der Waals surface area contributed by atoms with Crippen LogP contribution >= 0.6 is 0 Å². The van der Waals surface area contributed by atoms with E-state index in [1.54, 1.807) is 12.1 Å². The number of halogens is 1. The van der Waals surface area contributed by atoms with Gasteiger partial charge in [0.2, 0.25) is 5.66 Å². The minimum absolute atomic E-state index is 0.158. The quantitative estimate of drug-likeness (QED) is 0.629. The average Bonchev–Trinajstić information content (AvgIpc) is 2.76. The number of aliphatic hydroxyl groups is 1. The molecule has 2 unspecified atom stereocenters. The van der Waals surface area contributed by atoms with Gasteiger partial charge in [0.05, 0.1) is 6.04 Å². The highest BCUT2D eigenvalue weighted by molar-refractivity contribution is 5.99. The van der Waals surface area contributed by atoms with Gasteiger partial charge in [-0.05, 0) is 43.8 Å². The highest BCUT2D eigenvalue weighted by atomic mass is 19.1. The SMILES string of the molecule is CN(C)C(Cc1ccccc1)C1(C(=O)NCc2ccc(F)cc2)NC=C(O)C(=O)N1C. The van der Waals surface area contributed by atoms with E-state index in [2.05, 4.69) is 10.6 Å². The third kappa shape index (κ3) is 4.54. The van der Waals surface area contributed by atoms with E-state index < -0.39 is 29.3 Å². The normalized spacial score (nSPS) is 19.6. The molecule has 8 heteroatoms. The summed E-state index contributed by atoms with van der Waals surface area (Å²) in [6, 6.07) is 15.0. The molecule has 2 atom stereocenters. The van der Waals surface area contributed by atoms with Gasteiger partial charge in [0.1, 0.15) is 5.82 Å². The van der Waals surface area contributed by atoms with Crippen molar-refractivity contribution in [3.8, 4) is 0 Å². The smallest absolute Gasteiger partial charge is 0.292 e. The Kier molecular flexibility index (Phi) is 6.60. The van der Waals surface area contributed by atoms with Crippen LogP contribution in [-0.4, -0.2) is 59.6 Å². The molecule has 1 heterocycles. The van der Waals surface area contributed by atoms with Crippen LogP contribution in [-0.2, 0) is 22.6 Å². The van der Waals surface area contributed by atoms with E-state index in [0.29, 0.717) is 6.42 Å². The fraction of sp³-hybridized carbons (Fsp3) is 0.304. The van der Waals surface area contributed by atoms with Crippen molar-refractivity contribution in [2.45, 2.75) is 24.7 Å². The minimum atomic E-state index is -1.48. The van der Waals surface area contributed by atoms with E-state index in [4.69, 9.17) is 0 Å². The highest BCUT2D eigenvalue weighted by Crippen LogP contribution is 2.27. The summed E-state index contributed by atoms with van der Waals surface area (Å²) in [6.45, 7) is 0.158. The second-order valence-electron chi connectivity index (χ2n) is 7.78. The van der Waals surface area contributed by atoms with Gasteiger partial charge in [0.15, 0.2) is 5.76 Å². The van der Waals surface area contributed by atoms with Crippen molar-refractivity contribution in [3.05, 3.63) is 83.5 Å². The number of hydrogen-bond donors (Lipinski definition) is 3. The number of hydrogen-bond acceptors (Lipinski definition) is 5. The number of carbonyl (C=O) groups is 2. The summed E-state index contributed by atoms with van der Waals surface area (Å²) in [6.07, 6.45) is 1.64. The van der Waals surface area contributed by atoms with Gasteiger partial charge in [0.25, 0.3) is 11.8 Å². The van der Waals surface area contributed by atoms with Gasteiger partial charge < -0.3 is 25.5 Å². The fourth-order valence-electron chi connectivity index (χ4n) is 3.82. The second-order valence-corrected chi connectivity index (χ2v) is 7.78. The van der Waals surface area contributed by atoms with Crippen molar-refractivity contribution in [2.75, 3.05) is 21.1 Å². The zero-order valence-electron chi connectivity index (χ0n) is 17.8. The van der Waals surface area contributed by atoms with E-state index >= 15 is 0 Å². The van der Waals surface area contributed by atoms with E-state index in [0.717, 1.165) is 11.1 Å². The molecule has 0 radical (unpaired) electrons. The van der Waals surface area contributed by atoms with Crippen LogP contribution in [0.2, 0.25) is 0 Å². The van der Waals surface area contributed by atoms with Crippen LogP contribution in [0.4, 0.5) is 4.39 Å². The maximum absolute atomic E-state index is 13.6. The molecule has 0 bridgehead atoms. The number of nitrogens with one attached hydrogen (secondary N) is 2. The standard InChI is InChI=1S/C23H27FN4O3/c1-27(2)20(13-16-7-5-4-6-8-16)23(26-15-19(29)21(30)28(23)3)22(31)25-14-17-9-11-18(24)12-10-17/h4-12,15,20,26,29H,13-14H2,1-3H3,(H,25,31). The lowest BCUT2D eigenvalue weighted by molar-refractivity contribution is -0.154. The Hall–Kier alpha value is -3.39. The van der Waals surface area contributed by atoms with Crippen molar-refractivity contribution in [1.82, 2.24) is 20.4 Å². The molecule has 2 amide bonds. The topological polar surface area (TPSA) is 84.9 Å². The molecule has 164 valence electrons. The van der Waals surface area contributed by atoms with E-state index in [9.17, 15) is 19.1 Å². The molecular weight excluding hydrogens is 399 g/mol. The van der Waals surface area contributed by atoms with Gasteiger partial charge in [-0.3, -0.25) is 9.59 Å². The van der Waals surface area contributed by atoms with Crippen LogP contribution in [0.3, 0.4) is 0 Å². The molecule has 0 aromatic heterocycles. The summed E-state index contributed by atoms with van der Waals surface area (Å²) >= 11 is 0. The van der Waals surface area contributed by atoms with Crippen LogP contribution in [0.5, 0.6) is 0 Å². The molecule has 31 heavy (non-hydrogen) atoms. The lowest BCUT2D eigenvalue weighted by Crippen LogP contribution is -2.76. The monoisotopic (exact) mass is 426 g/mol. The summed E-state index contributed by atoms with van der Waals surface area (Å²) in [5.74, 6) is -1.93.